The van der Waals surface area contributed by atoms with Crippen LogP contribution in [0.5, 0.6) is 0 Å². The predicted molar refractivity (Wildman–Crippen MR) is 107 cm³/mol. The first-order chi connectivity index (χ1) is 13.8. The van der Waals surface area contributed by atoms with Crippen molar-refractivity contribution in [3.63, 3.8) is 0 Å². The first-order valence-electron chi connectivity index (χ1n) is 10.1. The molecule has 0 spiro atoms. The normalized spacial score (nSPS) is 24.1. The SMILES string of the molecule is Fc1cccc(-c2ccc(/C=C/C3c4oncc4CC4CCCCC43)nc2)c1. The van der Waals surface area contributed by atoms with Crippen LogP contribution in [0.25, 0.3) is 17.2 Å². The Kier molecular flexibility index (Phi) is 4.55. The molecule has 5 rings (SSSR count). The van der Waals surface area contributed by atoms with Gasteiger partial charge < -0.3 is 4.52 Å². The summed E-state index contributed by atoms with van der Waals surface area (Å²) >= 11 is 0. The minimum absolute atomic E-state index is 0.233. The molecule has 0 N–H and O–H groups in total. The van der Waals surface area contributed by atoms with Crippen molar-refractivity contribution in [3.8, 4) is 11.1 Å². The second-order valence-electron chi connectivity index (χ2n) is 7.99. The highest BCUT2D eigenvalue weighted by Gasteiger charge is 2.39. The smallest absolute Gasteiger partial charge is 0.147 e. The number of fused-ring (bicyclic) bond motifs is 2. The summed E-state index contributed by atoms with van der Waals surface area (Å²) in [6.07, 6.45) is 14.3. The number of pyridine rings is 1. The van der Waals surface area contributed by atoms with Crippen LogP contribution >= 0.6 is 0 Å². The molecule has 3 nitrogen and oxygen atoms in total. The van der Waals surface area contributed by atoms with Crippen LogP contribution in [-0.2, 0) is 6.42 Å². The summed E-state index contributed by atoms with van der Waals surface area (Å²) in [7, 11) is 0. The summed E-state index contributed by atoms with van der Waals surface area (Å²) in [6, 6.07) is 10.6. The number of halogens is 1. The molecule has 3 atom stereocenters. The molecule has 2 aliphatic rings. The molecule has 4 heteroatoms. The van der Waals surface area contributed by atoms with E-state index in [9.17, 15) is 4.39 Å². The van der Waals surface area contributed by atoms with Gasteiger partial charge in [-0.25, -0.2) is 4.39 Å². The summed E-state index contributed by atoms with van der Waals surface area (Å²) in [5.74, 6) is 2.45. The van der Waals surface area contributed by atoms with E-state index in [1.54, 1.807) is 12.3 Å². The second-order valence-corrected chi connectivity index (χ2v) is 7.99. The van der Waals surface area contributed by atoms with Crippen molar-refractivity contribution in [3.05, 3.63) is 77.7 Å². The van der Waals surface area contributed by atoms with Gasteiger partial charge in [-0.1, -0.05) is 42.3 Å². The molecule has 2 aliphatic carbocycles. The Labute approximate surface area is 164 Å². The zero-order chi connectivity index (χ0) is 18.9. The van der Waals surface area contributed by atoms with Gasteiger partial charge in [-0.05, 0) is 60.9 Å². The van der Waals surface area contributed by atoms with Crippen LogP contribution in [0.1, 0.15) is 48.6 Å². The van der Waals surface area contributed by atoms with Crippen molar-refractivity contribution in [2.24, 2.45) is 11.8 Å². The molecule has 2 aromatic heterocycles. The van der Waals surface area contributed by atoms with Gasteiger partial charge in [0, 0.05) is 23.2 Å². The molecular formula is C24H23FN2O. The lowest BCUT2D eigenvalue weighted by Crippen LogP contribution is -2.30. The first kappa shape index (κ1) is 17.4. The number of benzene rings is 1. The Hall–Kier alpha value is -2.75. The summed E-state index contributed by atoms with van der Waals surface area (Å²) in [5.41, 5.74) is 3.93. The molecule has 0 bridgehead atoms. The van der Waals surface area contributed by atoms with Crippen LogP contribution in [0.3, 0.4) is 0 Å². The van der Waals surface area contributed by atoms with E-state index in [0.29, 0.717) is 5.92 Å². The maximum Gasteiger partial charge on any atom is 0.147 e. The van der Waals surface area contributed by atoms with Gasteiger partial charge in [0.1, 0.15) is 11.6 Å². The highest BCUT2D eigenvalue weighted by molar-refractivity contribution is 5.63. The number of hydrogen-bond acceptors (Lipinski definition) is 3. The van der Waals surface area contributed by atoms with Crippen LogP contribution in [0.2, 0.25) is 0 Å². The van der Waals surface area contributed by atoms with Crippen molar-refractivity contribution in [1.82, 2.24) is 10.1 Å². The van der Waals surface area contributed by atoms with E-state index in [4.69, 9.17) is 4.52 Å². The van der Waals surface area contributed by atoms with Crippen LogP contribution in [-0.4, -0.2) is 10.1 Å². The Morgan fingerprint density at radius 3 is 2.82 bits per heavy atom. The molecule has 28 heavy (non-hydrogen) atoms. The molecule has 0 radical (unpaired) electrons. The largest absolute Gasteiger partial charge is 0.360 e. The van der Waals surface area contributed by atoms with Gasteiger partial charge in [-0.3, -0.25) is 4.98 Å². The summed E-state index contributed by atoms with van der Waals surface area (Å²) < 4.78 is 19.1. The molecule has 0 aliphatic heterocycles. The fourth-order valence-corrected chi connectivity index (χ4v) is 4.91. The number of rotatable bonds is 3. The van der Waals surface area contributed by atoms with E-state index in [0.717, 1.165) is 34.9 Å². The Balaban J connectivity index is 1.39. The van der Waals surface area contributed by atoms with Crippen LogP contribution in [0.4, 0.5) is 4.39 Å². The fourth-order valence-electron chi connectivity index (χ4n) is 4.91. The minimum Gasteiger partial charge on any atom is -0.360 e. The number of hydrogen-bond donors (Lipinski definition) is 0. The zero-order valence-electron chi connectivity index (χ0n) is 15.7. The molecule has 142 valence electrons. The van der Waals surface area contributed by atoms with E-state index in [2.05, 4.69) is 22.3 Å². The molecule has 3 unspecified atom stereocenters. The second kappa shape index (κ2) is 7.34. The molecular weight excluding hydrogens is 351 g/mol. The lowest BCUT2D eigenvalue weighted by molar-refractivity contribution is 0.181. The van der Waals surface area contributed by atoms with Crippen LogP contribution in [0, 0.1) is 17.7 Å². The molecule has 2 heterocycles. The minimum atomic E-state index is -0.233. The maximum atomic E-state index is 13.4. The Bertz CT molecular complexity index is 992. The molecule has 1 aromatic carbocycles. The van der Waals surface area contributed by atoms with E-state index < -0.39 is 0 Å². The first-order valence-corrected chi connectivity index (χ1v) is 10.1. The van der Waals surface area contributed by atoms with Crippen molar-refractivity contribution in [2.45, 2.75) is 38.0 Å². The molecule has 1 fully saturated rings. The summed E-state index contributed by atoms with van der Waals surface area (Å²) in [4.78, 5) is 4.56. The van der Waals surface area contributed by atoms with Gasteiger partial charge in [0.05, 0.1) is 11.9 Å². The van der Waals surface area contributed by atoms with Crippen molar-refractivity contribution < 1.29 is 8.91 Å². The quantitative estimate of drug-likeness (QED) is 0.561. The average Bonchev–Trinajstić information content (AvgIpc) is 3.20. The summed E-state index contributed by atoms with van der Waals surface area (Å²) in [6.45, 7) is 0. The summed E-state index contributed by atoms with van der Waals surface area (Å²) in [5, 5.41) is 4.06. The van der Waals surface area contributed by atoms with E-state index >= 15 is 0 Å². The topological polar surface area (TPSA) is 38.9 Å². The van der Waals surface area contributed by atoms with E-state index in [1.807, 2.05) is 24.4 Å². The molecule has 1 saturated carbocycles. The van der Waals surface area contributed by atoms with Gasteiger partial charge in [-0.15, -0.1) is 0 Å². The molecule has 0 amide bonds. The molecule has 0 saturated heterocycles. The van der Waals surface area contributed by atoms with Crippen molar-refractivity contribution in [1.29, 1.82) is 0 Å². The van der Waals surface area contributed by atoms with Gasteiger partial charge in [0.2, 0.25) is 0 Å². The standard InChI is InChI=1S/C24H23FN2O/c25-20-6-3-5-16(13-20)18-8-9-21(26-14-18)10-11-23-22-7-2-1-4-17(22)12-19-15-27-28-24(19)23/h3,5-6,8-11,13-15,17,22-23H,1-2,4,7,12H2/b11-10+. The van der Waals surface area contributed by atoms with Crippen molar-refractivity contribution in [2.75, 3.05) is 0 Å². The highest BCUT2D eigenvalue weighted by atomic mass is 19.1. The molecule has 3 aromatic rings. The monoisotopic (exact) mass is 374 g/mol. The van der Waals surface area contributed by atoms with E-state index in [1.165, 1.54) is 43.4 Å². The lowest BCUT2D eigenvalue weighted by atomic mass is 9.65. The zero-order valence-corrected chi connectivity index (χ0v) is 15.7. The lowest BCUT2D eigenvalue weighted by Gasteiger charge is -2.38. The number of nitrogens with zero attached hydrogens (tertiary/aromatic N) is 2. The van der Waals surface area contributed by atoms with E-state index in [-0.39, 0.29) is 11.7 Å². The third-order valence-corrected chi connectivity index (χ3v) is 6.31. The van der Waals surface area contributed by atoms with Crippen molar-refractivity contribution >= 4 is 6.08 Å². The highest BCUT2D eigenvalue weighted by Crippen LogP contribution is 2.47. The van der Waals surface area contributed by atoms with Gasteiger partial charge >= 0.3 is 0 Å². The Morgan fingerprint density at radius 2 is 1.96 bits per heavy atom. The van der Waals surface area contributed by atoms with Gasteiger partial charge in [0.15, 0.2) is 0 Å². The van der Waals surface area contributed by atoms with Gasteiger partial charge in [0.25, 0.3) is 0 Å². The maximum absolute atomic E-state index is 13.4. The Morgan fingerprint density at radius 1 is 1.04 bits per heavy atom. The van der Waals surface area contributed by atoms with Crippen LogP contribution in [0.15, 0.2) is 59.4 Å². The van der Waals surface area contributed by atoms with Crippen LogP contribution < -0.4 is 0 Å². The average molecular weight is 374 g/mol. The number of aromatic nitrogens is 2. The number of allylic oxidation sites excluding steroid dienone is 1. The third-order valence-electron chi connectivity index (χ3n) is 6.31. The predicted octanol–water partition coefficient (Wildman–Crippen LogP) is 6.04. The third kappa shape index (κ3) is 3.28. The van der Waals surface area contributed by atoms with Gasteiger partial charge in [-0.2, -0.15) is 0 Å². The fraction of sp³-hybridized carbons (Fsp3) is 0.333.